The summed E-state index contributed by atoms with van der Waals surface area (Å²) in [5.74, 6) is 0. The molecule has 0 aromatic carbocycles. The van der Waals surface area contributed by atoms with Gasteiger partial charge >= 0.3 is 0 Å². The first-order valence-electron chi connectivity index (χ1n) is 5.09. The van der Waals surface area contributed by atoms with Crippen LogP contribution in [-0.4, -0.2) is 20.0 Å². The average molecular weight is 251 g/mol. The lowest BCUT2D eigenvalue weighted by Crippen LogP contribution is -2.55. The second-order valence-corrected chi connectivity index (χ2v) is 6.51. The van der Waals surface area contributed by atoms with E-state index < -0.39 is 5.66 Å². The highest BCUT2D eigenvalue weighted by atomic mass is 35.5. The zero-order valence-electron chi connectivity index (χ0n) is 10.4. The van der Waals surface area contributed by atoms with Crippen molar-refractivity contribution in [2.45, 2.75) is 52.7 Å². The molecular weight excluding hydrogens is 231 g/mol. The summed E-state index contributed by atoms with van der Waals surface area (Å²) in [5, 5.41) is 0. The van der Waals surface area contributed by atoms with Crippen LogP contribution in [0.5, 0.6) is 0 Å². The first kappa shape index (κ1) is 13.1. The third-order valence-corrected chi connectivity index (χ3v) is 4.90. The molecular formula is C11H20Cl2N2. The van der Waals surface area contributed by atoms with Gasteiger partial charge in [0, 0.05) is 22.9 Å². The quantitative estimate of drug-likeness (QED) is 0.601. The van der Waals surface area contributed by atoms with Crippen molar-refractivity contribution >= 4 is 23.6 Å². The molecule has 0 amide bonds. The summed E-state index contributed by atoms with van der Waals surface area (Å²) in [6.07, 6.45) is 0. The average Bonchev–Trinajstić information content (AvgIpc) is 2.19. The standard InChI is InChI=1S/C11H20Cl2N2/c1-8-10(5,6)15(13)11(7,14(8)12)9(2,3)4/h1H2,2-7H3. The van der Waals surface area contributed by atoms with E-state index in [2.05, 4.69) is 27.4 Å². The third kappa shape index (κ3) is 1.49. The van der Waals surface area contributed by atoms with Crippen molar-refractivity contribution in [1.29, 1.82) is 0 Å². The normalized spacial score (nSPS) is 32.5. The zero-order chi connectivity index (χ0) is 12.2. The maximum Gasteiger partial charge on any atom is 0.125 e. The second-order valence-electron chi connectivity index (χ2n) is 5.84. The summed E-state index contributed by atoms with van der Waals surface area (Å²) in [6, 6.07) is 0. The largest absolute Gasteiger partial charge is 0.266 e. The zero-order valence-corrected chi connectivity index (χ0v) is 11.9. The molecule has 0 radical (unpaired) electrons. The lowest BCUT2D eigenvalue weighted by Gasteiger charge is -2.46. The van der Waals surface area contributed by atoms with Gasteiger partial charge in [0.1, 0.15) is 5.66 Å². The van der Waals surface area contributed by atoms with Crippen LogP contribution < -0.4 is 0 Å². The van der Waals surface area contributed by atoms with Gasteiger partial charge in [-0.15, -0.1) is 0 Å². The highest BCUT2D eigenvalue weighted by molar-refractivity contribution is 6.19. The van der Waals surface area contributed by atoms with E-state index in [9.17, 15) is 0 Å². The van der Waals surface area contributed by atoms with Crippen LogP contribution in [0.3, 0.4) is 0 Å². The molecule has 0 aromatic rings. The van der Waals surface area contributed by atoms with Crippen LogP contribution in [-0.2, 0) is 0 Å². The van der Waals surface area contributed by atoms with Crippen LogP contribution in [0.4, 0.5) is 0 Å². The molecule has 1 rings (SSSR count). The maximum atomic E-state index is 6.43. The Hall–Kier alpha value is 0.0800. The maximum absolute atomic E-state index is 6.43. The van der Waals surface area contributed by atoms with E-state index in [1.165, 1.54) is 0 Å². The molecule has 0 N–H and O–H groups in total. The summed E-state index contributed by atoms with van der Waals surface area (Å²) in [6.45, 7) is 16.4. The molecule has 1 heterocycles. The van der Waals surface area contributed by atoms with E-state index in [0.717, 1.165) is 5.70 Å². The van der Waals surface area contributed by atoms with Gasteiger partial charge in [0.2, 0.25) is 0 Å². The van der Waals surface area contributed by atoms with E-state index in [1.54, 1.807) is 8.84 Å². The fourth-order valence-corrected chi connectivity index (χ4v) is 2.83. The smallest absolute Gasteiger partial charge is 0.125 e. The topological polar surface area (TPSA) is 6.48 Å². The van der Waals surface area contributed by atoms with E-state index in [0.29, 0.717) is 0 Å². The van der Waals surface area contributed by atoms with Gasteiger partial charge in [-0.25, -0.2) is 0 Å². The van der Waals surface area contributed by atoms with Crippen molar-refractivity contribution in [3.63, 3.8) is 0 Å². The Bertz CT molecular complexity index is 293. The van der Waals surface area contributed by atoms with Crippen molar-refractivity contribution < 1.29 is 0 Å². The summed E-state index contributed by atoms with van der Waals surface area (Å²) in [4.78, 5) is 0. The van der Waals surface area contributed by atoms with Crippen LogP contribution in [0, 0.1) is 5.41 Å². The molecule has 1 fully saturated rings. The molecule has 15 heavy (non-hydrogen) atoms. The van der Waals surface area contributed by atoms with Gasteiger partial charge in [-0.1, -0.05) is 27.4 Å². The fourth-order valence-electron chi connectivity index (χ4n) is 1.83. The van der Waals surface area contributed by atoms with Crippen molar-refractivity contribution in [3.8, 4) is 0 Å². The minimum absolute atomic E-state index is 0.0762. The molecule has 0 aromatic heterocycles. The van der Waals surface area contributed by atoms with Gasteiger partial charge in [-0.2, -0.15) is 4.42 Å². The Balaban J connectivity index is 3.30. The number of nitrogens with zero attached hydrogens (tertiary/aromatic N) is 2. The van der Waals surface area contributed by atoms with Crippen LogP contribution in [0.15, 0.2) is 12.3 Å². The van der Waals surface area contributed by atoms with Crippen molar-refractivity contribution in [1.82, 2.24) is 8.84 Å². The Morgan fingerprint density at radius 3 is 1.67 bits per heavy atom. The first-order chi connectivity index (χ1) is 6.47. The highest BCUT2D eigenvalue weighted by Crippen LogP contribution is 2.53. The second kappa shape index (κ2) is 3.28. The molecule has 0 aliphatic carbocycles. The Morgan fingerprint density at radius 1 is 1.13 bits per heavy atom. The van der Waals surface area contributed by atoms with E-state index in [-0.39, 0.29) is 11.0 Å². The summed E-state index contributed by atoms with van der Waals surface area (Å²) < 4.78 is 3.44. The predicted molar refractivity (Wildman–Crippen MR) is 66.5 cm³/mol. The SMILES string of the molecule is C=C1N(Cl)C(C)(C(C)(C)C)N(Cl)C1(C)C. The Labute approximate surface area is 103 Å². The summed E-state index contributed by atoms with van der Waals surface area (Å²) >= 11 is 12.8. The summed E-state index contributed by atoms with van der Waals surface area (Å²) in [7, 11) is 0. The number of hydrogen-bond donors (Lipinski definition) is 0. The molecule has 1 aliphatic rings. The minimum atomic E-state index is -0.448. The van der Waals surface area contributed by atoms with Gasteiger partial charge < -0.3 is 0 Å². The lowest BCUT2D eigenvalue weighted by molar-refractivity contribution is 0.0132. The van der Waals surface area contributed by atoms with Crippen LogP contribution in [0.25, 0.3) is 0 Å². The van der Waals surface area contributed by atoms with Crippen molar-refractivity contribution in [2.75, 3.05) is 0 Å². The predicted octanol–water partition coefficient (Wildman–Crippen LogP) is 3.97. The van der Waals surface area contributed by atoms with Gasteiger partial charge in [-0.3, -0.25) is 4.42 Å². The van der Waals surface area contributed by atoms with E-state index >= 15 is 0 Å². The molecule has 1 atom stereocenters. The van der Waals surface area contributed by atoms with Crippen molar-refractivity contribution in [2.24, 2.45) is 5.41 Å². The van der Waals surface area contributed by atoms with Crippen LogP contribution >= 0.6 is 23.6 Å². The van der Waals surface area contributed by atoms with Gasteiger partial charge in [0.25, 0.3) is 0 Å². The van der Waals surface area contributed by atoms with Crippen LogP contribution in [0.2, 0.25) is 0 Å². The molecule has 2 nitrogen and oxygen atoms in total. The Morgan fingerprint density at radius 2 is 1.53 bits per heavy atom. The first-order valence-corrected chi connectivity index (χ1v) is 5.76. The minimum Gasteiger partial charge on any atom is -0.266 e. The molecule has 0 bridgehead atoms. The fraction of sp³-hybridized carbons (Fsp3) is 0.818. The molecule has 1 aliphatic heterocycles. The Kier molecular flexibility index (Phi) is 2.88. The number of hydrogen-bond acceptors (Lipinski definition) is 2. The van der Waals surface area contributed by atoms with Crippen LogP contribution in [0.1, 0.15) is 41.5 Å². The van der Waals surface area contributed by atoms with Gasteiger partial charge in [0.15, 0.2) is 0 Å². The molecule has 1 saturated heterocycles. The molecule has 88 valence electrons. The monoisotopic (exact) mass is 250 g/mol. The van der Waals surface area contributed by atoms with E-state index in [1.807, 2.05) is 20.8 Å². The molecule has 0 spiro atoms. The molecule has 4 heteroatoms. The molecule has 1 unspecified atom stereocenters. The van der Waals surface area contributed by atoms with Gasteiger partial charge in [-0.05, 0) is 32.5 Å². The van der Waals surface area contributed by atoms with E-state index in [4.69, 9.17) is 23.6 Å². The molecule has 0 saturated carbocycles. The van der Waals surface area contributed by atoms with Crippen molar-refractivity contribution in [3.05, 3.63) is 12.3 Å². The lowest BCUT2D eigenvalue weighted by atomic mass is 9.82. The number of halogens is 2. The number of rotatable bonds is 0. The van der Waals surface area contributed by atoms with Gasteiger partial charge in [0.05, 0.1) is 5.54 Å². The third-order valence-electron chi connectivity index (χ3n) is 3.62. The summed E-state index contributed by atoms with van der Waals surface area (Å²) in [5.41, 5.74) is -0.0218. The highest BCUT2D eigenvalue weighted by Gasteiger charge is 2.60.